The van der Waals surface area contributed by atoms with Crippen molar-refractivity contribution < 1.29 is 13.2 Å². The average Bonchev–Trinajstić information content (AvgIpc) is 3.21. The fourth-order valence-electron chi connectivity index (χ4n) is 2.14. The van der Waals surface area contributed by atoms with Gasteiger partial charge in [-0.3, -0.25) is 0 Å². The maximum absolute atomic E-state index is 12.6. The van der Waals surface area contributed by atoms with Crippen LogP contribution in [0.3, 0.4) is 0 Å². The first-order valence-corrected chi connectivity index (χ1v) is 9.55. The van der Waals surface area contributed by atoms with Gasteiger partial charge in [-0.1, -0.05) is 23.9 Å². The standard InChI is InChI=1S/C16H16F3N5S2/c1-15(2,3)24-14(21-22-23-24)26-9-12-8-25-13(20-12)10-4-6-11(7-5-10)16(17,18)19/h4-8H,9H2,1-3H3. The molecule has 5 nitrogen and oxygen atoms in total. The highest BCUT2D eigenvalue weighted by Gasteiger charge is 2.30. The molecule has 0 unspecified atom stereocenters. The number of nitrogens with zero attached hydrogens (tertiary/aromatic N) is 5. The maximum atomic E-state index is 12.6. The lowest BCUT2D eigenvalue weighted by molar-refractivity contribution is -0.137. The number of thiazole rings is 1. The minimum atomic E-state index is -4.33. The van der Waals surface area contributed by atoms with Crippen molar-refractivity contribution in [2.45, 2.75) is 43.4 Å². The first-order valence-electron chi connectivity index (χ1n) is 7.68. The number of halogens is 3. The van der Waals surface area contributed by atoms with E-state index in [2.05, 4.69) is 20.5 Å². The van der Waals surface area contributed by atoms with Crippen LogP contribution in [0.4, 0.5) is 13.2 Å². The van der Waals surface area contributed by atoms with Gasteiger partial charge in [-0.05, 0) is 43.3 Å². The normalized spacial score (nSPS) is 12.5. The Labute approximate surface area is 156 Å². The van der Waals surface area contributed by atoms with Gasteiger partial charge in [-0.15, -0.1) is 16.4 Å². The number of rotatable bonds is 4. The summed E-state index contributed by atoms with van der Waals surface area (Å²) in [6.07, 6.45) is -4.33. The highest BCUT2D eigenvalue weighted by molar-refractivity contribution is 7.98. The minimum Gasteiger partial charge on any atom is -0.240 e. The van der Waals surface area contributed by atoms with Crippen molar-refractivity contribution in [2.75, 3.05) is 0 Å². The van der Waals surface area contributed by atoms with Crippen LogP contribution in [0.25, 0.3) is 10.6 Å². The third-order valence-corrected chi connectivity index (χ3v) is 5.33. The van der Waals surface area contributed by atoms with Gasteiger partial charge >= 0.3 is 6.18 Å². The van der Waals surface area contributed by atoms with Crippen LogP contribution in [0.2, 0.25) is 0 Å². The summed E-state index contributed by atoms with van der Waals surface area (Å²) in [5.74, 6) is 0.577. The number of hydrogen-bond acceptors (Lipinski definition) is 6. The Kier molecular flexibility index (Phi) is 5.07. The summed E-state index contributed by atoms with van der Waals surface area (Å²) in [7, 11) is 0. The van der Waals surface area contributed by atoms with Crippen LogP contribution < -0.4 is 0 Å². The largest absolute Gasteiger partial charge is 0.416 e. The molecule has 0 fully saturated rings. The van der Waals surface area contributed by atoms with E-state index in [1.807, 2.05) is 26.2 Å². The van der Waals surface area contributed by atoms with E-state index in [1.54, 1.807) is 4.68 Å². The van der Waals surface area contributed by atoms with Crippen LogP contribution in [0, 0.1) is 0 Å². The number of tetrazole rings is 1. The first-order chi connectivity index (χ1) is 12.1. The molecule has 10 heteroatoms. The minimum absolute atomic E-state index is 0.223. The highest BCUT2D eigenvalue weighted by atomic mass is 32.2. The van der Waals surface area contributed by atoms with Gasteiger partial charge in [-0.25, -0.2) is 9.67 Å². The van der Waals surface area contributed by atoms with E-state index in [-0.39, 0.29) is 5.54 Å². The van der Waals surface area contributed by atoms with Crippen molar-refractivity contribution in [1.82, 2.24) is 25.2 Å². The summed E-state index contributed by atoms with van der Waals surface area (Å²) in [6, 6.07) is 5.03. The molecule has 0 aliphatic carbocycles. The Hall–Kier alpha value is -1.94. The number of benzene rings is 1. The first kappa shape index (κ1) is 18.8. The summed E-state index contributed by atoms with van der Waals surface area (Å²) in [4.78, 5) is 4.50. The van der Waals surface area contributed by atoms with Crippen molar-refractivity contribution in [3.05, 3.63) is 40.9 Å². The van der Waals surface area contributed by atoms with Gasteiger partial charge < -0.3 is 0 Å². The van der Waals surface area contributed by atoms with Crippen molar-refractivity contribution in [2.24, 2.45) is 0 Å². The average molecular weight is 399 g/mol. The smallest absolute Gasteiger partial charge is 0.240 e. The van der Waals surface area contributed by atoms with Crippen molar-refractivity contribution in [3.8, 4) is 10.6 Å². The van der Waals surface area contributed by atoms with Gasteiger partial charge in [-0.2, -0.15) is 13.2 Å². The molecule has 0 atom stereocenters. The summed E-state index contributed by atoms with van der Waals surface area (Å²) in [5, 5.41) is 15.0. The molecule has 0 aliphatic rings. The molecule has 2 aromatic heterocycles. The van der Waals surface area contributed by atoms with E-state index in [4.69, 9.17) is 0 Å². The Bertz CT molecular complexity index is 878. The third-order valence-electron chi connectivity index (χ3n) is 3.44. The van der Waals surface area contributed by atoms with Crippen molar-refractivity contribution in [1.29, 1.82) is 0 Å². The molecule has 138 valence electrons. The highest BCUT2D eigenvalue weighted by Crippen LogP contribution is 2.32. The molecule has 3 rings (SSSR count). The predicted molar refractivity (Wildman–Crippen MR) is 94.9 cm³/mol. The second kappa shape index (κ2) is 6.99. The summed E-state index contributed by atoms with van der Waals surface area (Å²) in [6.45, 7) is 6.04. The van der Waals surface area contributed by atoms with E-state index in [0.29, 0.717) is 21.5 Å². The van der Waals surface area contributed by atoms with E-state index in [9.17, 15) is 13.2 Å². The molecule has 1 aromatic carbocycles. The maximum Gasteiger partial charge on any atom is 0.416 e. The quantitative estimate of drug-likeness (QED) is 0.586. The Morgan fingerprint density at radius 2 is 1.81 bits per heavy atom. The number of alkyl halides is 3. The van der Waals surface area contributed by atoms with Crippen LogP contribution in [-0.4, -0.2) is 25.2 Å². The third kappa shape index (κ3) is 4.24. The van der Waals surface area contributed by atoms with Crippen molar-refractivity contribution in [3.63, 3.8) is 0 Å². The van der Waals surface area contributed by atoms with Crippen LogP contribution in [0.15, 0.2) is 34.8 Å². The number of thioether (sulfide) groups is 1. The van der Waals surface area contributed by atoms with Gasteiger partial charge in [0.1, 0.15) is 5.01 Å². The number of hydrogen-bond donors (Lipinski definition) is 0. The van der Waals surface area contributed by atoms with Gasteiger partial charge in [0.25, 0.3) is 0 Å². The van der Waals surface area contributed by atoms with E-state index in [1.165, 1.54) is 35.2 Å². The van der Waals surface area contributed by atoms with E-state index >= 15 is 0 Å². The molecule has 3 aromatic rings. The van der Waals surface area contributed by atoms with Gasteiger partial charge in [0.15, 0.2) is 0 Å². The zero-order valence-corrected chi connectivity index (χ0v) is 15.9. The van der Waals surface area contributed by atoms with Gasteiger partial charge in [0.05, 0.1) is 16.8 Å². The second-order valence-electron chi connectivity index (χ2n) is 6.55. The number of aromatic nitrogens is 5. The molecule has 0 bridgehead atoms. The van der Waals surface area contributed by atoms with Crippen LogP contribution >= 0.6 is 23.1 Å². The van der Waals surface area contributed by atoms with Crippen LogP contribution in [0.5, 0.6) is 0 Å². The molecule has 0 aliphatic heterocycles. The fourth-order valence-corrected chi connectivity index (χ4v) is 4.02. The fraction of sp³-hybridized carbons (Fsp3) is 0.375. The summed E-state index contributed by atoms with van der Waals surface area (Å²) < 4.78 is 39.7. The molecule has 0 saturated carbocycles. The molecular formula is C16H16F3N5S2. The van der Waals surface area contributed by atoms with Crippen LogP contribution in [0.1, 0.15) is 32.0 Å². The van der Waals surface area contributed by atoms with E-state index < -0.39 is 11.7 Å². The SMILES string of the molecule is CC(C)(C)n1nnnc1SCc1csc(-c2ccc(C(F)(F)F)cc2)n1. The lowest BCUT2D eigenvalue weighted by Crippen LogP contribution is -2.24. The molecule has 0 spiro atoms. The monoisotopic (exact) mass is 399 g/mol. The molecule has 0 N–H and O–H groups in total. The van der Waals surface area contributed by atoms with Gasteiger partial charge in [0, 0.05) is 16.7 Å². The summed E-state index contributed by atoms with van der Waals surface area (Å²) >= 11 is 2.87. The summed E-state index contributed by atoms with van der Waals surface area (Å²) in [5.41, 5.74) is 0.610. The second-order valence-corrected chi connectivity index (χ2v) is 8.35. The molecule has 26 heavy (non-hydrogen) atoms. The molecule has 0 amide bonds. The Balaban J connectivity index is 1.70. The molecular weight excluding hydrogens is 383 g/mol. The topological polar surface area (TPSA) is 56.5 Å². The van der Waals surface area contributed by atoms with Crippen molar-refractivity contribution >= 4 is 23.1 Å². The molecule has 2 heterocycles. The van der Waals surface area contributed by atoms with Gasteiger partial charge in [0.2, 0.25) is 5.16 Å². The zero-order chi connectivity index (χ0) is 18.9. The lowest BCUT2D eigenvalue weighted by Gasteiger charge is -2.19. The predicted octanol–water partition coefficient (Wildman–Crippen LogP) is 4.86. The lowest BCUT2D eigenvalue weighted by atomic mass is 10.1. The molecule has 0 saturated heterocycles. The Morgan fingerprint density at radius 1 is 1.12 bits per heavy atom. The van der Waals surface area contributed by atoms with Crippen LogP contribution in [-0.2, 0) is 17.5 Å². The molecule has 0 radical (unpaired) electrons. The zero-order valence-electron chi connectivity index (χ0n) is 14.3. The van der Waals surface area contributed by atoms with E-state index in [0.717, 1.165) is 17.8 Å². The Morgan fingerprint density at radius 3 is 2.42 bits per heavy atom.